The maximum absolute atomic E-state index is 10.8. The predicted molar refractivity (Wildman–Crippen MR) is 59.3 cm³/mol. The fraction of sp³-hybridized carbons (Fsp3) is 0.455. The number of ether oxygens (including phenoxy) is 1. The lowest BCUT2D eigenvalue weighted by atomic mass is 10.2. The molecule has 0 saturated heterocycles. The Hall–Kier alpha value is -1.62. The van der Waals surface area contributed by atoms with Crippen molar-refractivity contribution in [2.75, 3.05) is 7.11 Å². The maximum atomic E-state index is 10.8. The van der Waals surface area contributed by atoms with Crippen LogP contribution < -0.4 is 10.1 Å². The highest BCUT2D eigenvalue weighted by atomic mass is 16.5. The van der Waals surface area contributed by atoms with E-state index in [1.54, 1.807) is 19.4 Å². The first-order valence-corrected chi connectivity index (χ1v) is 5.12. The summed E-state index contributed by atoms with van der Waals surface area (Å²) in [6, 6.07) is 3.09. The molecule has 0 bridgehead atoms. The zero-order valence-corrected chi connectivity index (χ0v) is 9.43. The van der Waals surface area contributed by atoms with E-state index in [0.29, 0.717) is 18.8 Å². The molecule has 0 saturated carbocycles. The number of carboxylic acids is 1. The van der Waals surface area contributed by atoms with Crippen molar-refractivity contribution in [3.63, 3.8) is 0 Å². The third kappa shape index (κ3) is 3.51. The molecule has 5 nitrogen and oxygen atoms in total. The average molecular weight is 224 g/mol. The van der Waals surface area contributed by atoms with Gasteiger partial charge in [-0.3, -0.25) is 4.79 Å². The van der Waals surface area contributed by atoms with Crippen LogP contribution in [0.15, 0.2) is 18.3 Å². The van der Waals surface area contributed by atoms with E-state index >= 15 is 0 Å². The molecule has 1 rings (SSSR count). The number of aromatic nitrogens is 1. The van der Waals surface area contributed by atoms with E-state index < -0.39 is 12.0 Å². The van der Waals surface area contributed by atoms with Gasteiger partial charge in [0.15, 0.2) is 0 Å². The van der Waals surface area contributed by atoms with Crippen LogP contribution in [-0.2, 0) is 11.3 Å². The van der Waals surface area contributed by atoms with Gasteiger partial charge in [-0.25, -0.2) is 4.98 Å². The number of rotatable bonds is 6. The second kappa shape index (κ2) is 6.07. The van der Waals surface area contributed by atoms with E-state index in [0.717, 1.165) is 5.56 Å². The predicted octanol–water partition coefficient (Wildman–Crippen LogP) is 1.04. The van der Waals surface area contributed by atoms with Crippen LogP contribution in [0.5, 0.6) is 5.88 Å². The SMILES string of the molecule is CCC(NCc1ccnc(OC)c1)C(=O)O. The fourth-order valence-corrected chi connectivity index (χ4v) is 1.32. The van der Waals surface area contributed by atoms with Crippen LogP contribution in [0.25, 0.3) is 0 Å². The van der Waals surface area contributed by atoms with Crippen LogP contribution in [0.3, 0.4) is 0 Å². The molecule has 0 aliphatic rings. The summed E-state index contributed by atoms with van der Waals surface area (Å²) in [7, 11) is 1.55. The van der Waals surface area contributed by atoms with Gasteiger partial charge in [0.25, 0.3) is 0 Å². The molecule has 0 aliphatic heterocycles. The van der Waals surface area contributed by atoms with E-state index in [1.807, 2.05) is 13.0 Å². The van der Waals surface area contributed by atoms with Gasteiger partial charge in [-0.1, -0.05) is 6.92 Å². The van der Waals surface area contributed by atoms with Gasteiger partial charge in [0, 0.05) is 18.8 Å². The first-order chi connectivity index (χ1) is 7.67. The summed E-state index contributed by atoms with van der Waals surface area (Å²) in [6.07, 6.45) is 2.19. The molecule has 1 heterocycles. The van der Waals surface area contributed by atoms with Crippen LogP contribution in [-0.4, -0.2) is 29.2 Å². The Balaban J connectivity index is 2.56. The Morgan fingerprint density at radius 3 is 3.00 bits per heavy atom. The molecule has 1 unspecified atom stereocenters. The quantitative estimate of drug-likeness (QED) is 0.755. The van der Waals surface area contributed by atoms with E-state index in [1.165, 1.54) is 0 Å². The zero-order valence-electron chi connectivity index (χ0n) is 9.43. The number of nitrogens with one attached hydrogen (secondary N) is 1. The summed E-state index contributed by atoms with van der Waals surface area (Å²) in [5.74, 6) is -0.300. The third-order valence-corrected chi connectivity index (χ3v) is 2.27. The van der Waals surface area contributed by atoms with Crippen molar-refractivity contribution in [3.8, 4) is 5.88 Å². The Kier molecular flexibility index (Phi) is 4.72. The van der Waals surface area contributed by atoms with E-state index in [-0.39, 0.29) is 0 Å². The summed E-state index contributed by atoms with van der Waals surface area (Å²) in [6.45, 7) is 2.32. The summed E-state index contributed by atoms with van der Waals surface area (Å²) < 4.78 is 4.98. The number of hydrogen-bond acceptors (Lipinski definition) is 4. The van der Waals surface area contributed by atoms with Crippen molar-refractivity contribution < 1.29 is 14.6 Å². The summed E-state index contributed by atoms with van der Waals surface area (Å²) >= 11 is 0. The molecule has 2 N–H and O–H groups in total. The molecule has 0 radical (unpaired) electrons. The second-order valence-corrected chi connectivity index (χ2v) is 3.39. The van der Waals surface area contributed by atoms with Crippen LogP contribution in [0.2, 0.25) is 0 Å². The van der Waals surface area contributed by atoms with Gasteiger partial charge in [0.2, 0.25) is 5.88 Å². The van der Waals surface area contributed by atoms with Crippen molar-refractivity contribution in [1.29, 1.82) is 0 Å². The number of nitrogens with zero attached hydrogens (tertiary/aromatic N) is 1. The largest absolute Gasteiger partial charge is 0.481 e. The fourth-order valence-electron chi connectivity index (χ4n) is 1.32. The molecule has 0 aromatic carbocycles. The summed E-state index contributed by atoms with van der Waals surface area (Å²) in [5, 5.41) is 11.8. The molecule has 5 heteroatoms. The first kappa shape index (κ1) is 12.4. The lowest BCUT2D eigenvalue weighted by Crippen LogP contribution is -2.35. The van der Waals surface area contributed by atoms with Gasteiger partial charge in [-0.05, 0) is 18.1 Å². The van der Waals surface area contributed by atoms with Crippen LogP contribution in [0.1, 0.15) is 18.9 Å². The number of aliphatic carboxylic acids is 1. The molecule has 1 aromatic heterocycles. The number of methoxy groups -OCH3 is 1. The summed E-state index contributed by atoms with van der Waals surface area (Å²) in [5.41, 5.74) is 0.951. The van der Waals surface area contributed by atoms with Crippen LogP contribution in [0.4, 0.5) is 0 Å². The smallest absolute Gasteiger partial charge is 0.320 e. The van der Waals surface area contributed by atoms with Gasteiger partial charge < -0.3 is 15.2 Å². The molecule has 0 aliphatic carbocycles. The molecule has 1 aromatic rings. The van der Waals surface area contributed by atoms with E-state index in [9.17, 15) is 4.79 Å². The van der Waals surface area contributed by atoms with E-state index in [2.05, 4.69) is 10.3 Å². The molecule has 88 valence electrons. The molecule has 0 fully saturated rings. The molecule has 16 heavy (non-hydrogen) atoms. The highest BCUT2D eigenvalue weighted by Gasteiger charge is 2.13. The number of carbonyl (C=O) groups is 1. The van der Waals surface area contributed by atoms with Gasteiger partial charge in [0.05, 0.1) is 7.11 Å². The highest BCUT2D eigenvalue weighted by Crippen LogP contribution is 2.08. The molecular weight excluding hydrogens is 208 g/mol. The van der Waals surface area contributed by atoms with Crippen LogP contribution in [0, 0.1) is 0 Å². The Morgan fingerprint density at radius 1 is 1.69 bits per heavy atom. The monoisotopic (exact) mass is 224 g/mol. The van der Waals surface area contributed by atoms with Crippen molar-refractivity contribution in [1.82, 2.24) is 10.3 Å². The molecule has 1 atom stereocenters. The van der Waals surface area contributed by atoms with Gasteiger partial charge in [0.1, 0.15) is 6.04 Å². The van der Waals surface area contributed by atoms with Gasteiger partial charge >= 0.3 is 5.97 Å². The zero-order chi connectivity index (χ0) is 12.0. The minimum Gasteiger partial charge on any atom is -0.481 e. The number of pyridine rings is 1. The van der Waals surface area contributed by atoms with Crippen LogP contribution >= 0.6 is 0 Å². The third-order valence-electron chi connectivity index (χ3n) is 2.27. The van der Waals surface area contributed by atoms with Gasteiger partial charge in [-0.15, -0.1) is 0 Å². The lowest BCUT2D eigenvalue weighted by molar-refractivity contribution is -0.139. The topological polar surface area (TPSA) is 71.5 Å². The molecule has 0 spiro atoms. The van der Waals surface area contributed by atoms with Crippen molar-refractivity contribution in [2.45, 2.75) is 25.9 Å². The Labute approximate surface area is 94.5 Å². The van der Waals surface area contributed by atoms with Crippen molar-refractivity contribution >= 4 is 5.97 Å². The number of carboxylic acid groups (broad SMARTS) is 1. The molecule has 0 amide bonds. The minimum atomic E-state index is -0.830. The Bertz CT molecular complexity index is 355. The summed E-state index contributed by atoms with van der Waals surface area (Å²) in [4.78, 5) is 14.7. The molecular formula is C11H16N2O3. The number of hydrogen-bond donors (Lipinski definition) is 2. The lowest BCUT2D eigenvalue weighted by Gasteiger charge is -2.12. The average Bonchev–Trinajstić information content (AvgIpc) is 2.29. The van der Waals surface area contributed by atoms with Gasteiger partial charge in [-0.2, -0.15) is 0 Å². The standard InChI is InChI=1S/C11H16N2O3/c1-3-9(11(14)15)13-7-8-4-5-12-10(6-8)16-2/h4-6,9,13H,3,7H2,1-2H3,(H,14,15). The second-order valence-electron chi connectivity index (χ2n) is 3.39. The highest BCUT2D eigenvalue weighted by molar-refractivity contribution is 5.73. The first-order valence-electron chi connectivity index (χ1n) is 5.12. The normalized spacial score (nSPS) is 12.1. The Morgan fingerprint density at radius 2 is 2.44 bits per heavy atom. The van der Waals surface area contributed by atoms with E-state index in [4.69, 9.17) is 9.84 Å². The maximum Gasteiger partial charge on any atom is 0.320 e. The minimum absolute atomic E-state index is 0.490. The van der Waals surface area contributed by atoms with Crippen molar-refractivity contribution in [2.24, 2.45) is 0 Å². The van der Waals surface area contributed by atoms with Crippen molar-refractivity contribution in [3.05, 3.63) is 23.9 Å².